The number of rotatable bonds is 0. The molecule has 0 fully saturated rings. The maximum absolute atomic E-state index is 10.6. The zero-order valence-electron chi connectivity index (χ0n) is 14.9. The first-order chi connectivity index (χ1) is 13.3. The SMILES string of the molecule is Cc1c[nH]c(=O)[nH]c1=O.Cc1c[nH]c(=O)[nH]c1=O.Nc1ncnc2nc[nH]c12. The van der Waals surface area contributed by atoms with Gasteiger partial charge in [-0.25, -0.2) is 24.5 Å². The van der Waals surface area contributed by atoms with Crippen molar-refractivity contribution in [1.82, 2.24) is 39.9 Å². The first-order valence-electron chi connectivity index (χ1n) is 7.74. The summed E-state index contributed by atoms with van der Waals surface area (Å²) in [5.41, 5.74) is 6.19. The van der Waals surface area contributed by atoms with Crippen LogP contribution >= 0.6 is 0 Å². The third-order valence-corrected chi connectivity index (χ3v) is 3.26. The van der Waals surface area contributed by atoms with E-state index in [2.05, 4.69) is 39.9 Å². The van der Waals surface area contributed by atoms with Gasteiger partial charge in [0.1, 0.15) is 11.8 Å². The molecule has 0 atom stereocenters. The molecule has 13 heteroatoms. The van der Waals surface area contributed by atoms with Crippen molar-refractivity contribution in [2.24, 2.45) is 0 Å². The average Bonchev–Trinajstić information content (AvgIpc) is 3.13. The molecule has 4 rings (SSSR count). The Morgan fingerprint density at radius 3 is 1.75 bits per heavy atom. The minimum absolute atomic E-state index is 0.334. The van der Waals surface area contributed by atoms with Crippen LogP contribution in [0.1, 0.15) is 11.1 Å². The van der Waals surface area contributed by atoms with Crippen LogP contribution in [0.3, 0.4) is 0 Å². The van der Waals surface area contributed by atoms with E-state index in [1.807, 2.05) is 0 Å². The largest absolute Gasteiger partial charge is 0.382 e. The number of aromatic amines is 5. The van der Waals surface area contributed by atoms with Crippen LogP contribution in [-0.4, -0.2) is 39.9 Å². The minimum Gasteiger partial charge on any atom is -0.382 e. The van der Waals surface area contributed by atoms with Gasteiger partial charge in [-0.2, -0.15) is 0 Å². The van der Waals surface area contributed by atoms with Crippen LogP contribution in [0, 0.1) is 13.8 Å². The number of aromatic nitrogens is 8. The predicted octanol–water partition coefficient (Wildman–Crippen LogP) is -1.32. The molecule has 0 saturated carbocycles. The van der Waals surface area contributed by atoms with E-state index in [9.17, 15) is 19.2 Å². The maximum Gasteiger partial charge on any atom is 0.325 e. The highest BCUT2D eigenvalue weighted by Crippen LogP contribution is 2.09. The zero-order valence-corrected chi connectivity index (χ0v) is 14.9. The monoisotopic (exact) mass is 387 g/mol. The molecule has 0 aliphatic rings. The molecule has 4 aromatic rings. The summed E-state index contributed by atoms with van der Waals surface area (Å²) < 4.78 is 0. The Kier molecular flexibility index (Phi) is 6.35. The molecule has 4 aromatic heterocycles. The fourth-order valence-electron chi connectivity index (χ4n) is 1.74. The number of anilines is 1. The fraction of sp³-hybridized carbons (Fsp3) is 0.133. The van der Waals surface area contributed by atoms with Crippen molar-refractivity contribution in [3.05, 3.63) is 77.9 Å². The van der Waals surface area contributed by atoms with E-state index in [0.717, 1.165) is 0 Å². The van der Waals surface area contributed by atoms with Gasteiger partial charge in [-0.15, -0.1) is 0 Å². The first kappa shape index (κ1) is 20.0. The lowest BCUT2D eigenvalue weighted by atomic mass is 10.4. The van der Waals surface area contributed by atoms with E-state index in [4.69, 9.17) is 5.73 Å². The summed E-state index contributed by atoms with van der Waals surface area (Å²) in [7, 11) is 0. The topological polar surface area (TPSA) is 212 Å². The number of nitrogen functional groups attached to an aromatic ring is 1. The molecule has 13 nitrogen and oxygen atoms in total. The molecule has 0 unspecified atom stereocenters. The van der Waals surface area contributed by atoms with Crippen LogP contribution in [0.5, 0.6) is 0 Å². The number of imidazole rings is 1. The molecule has 0 spiro atoms. The molecular formula is C15H17N9O4. The van der Waals surface area contributed by atoms with Crippen molar-refractivity contribution in [3.8, 4) is 0 Å². The van der Waals surface area contributed by atoms with Crippen LogP contribution in [0.2, 0.25) is 0 Å². The normalized spacial score (nSPS) is 9.79. The zero-order chi connectivity index (χ0) is 20.7. The third kappa shape index (κ3) is 5.35. The van der Waals surface area contributed by atoms with Crippen molar-refractivity contribution in [2.45, 2.75) is 13.8 Å². The summed E-state index contributed by atoms with van der Waals surface area (Å²) in [6.45, 7) is 3.24. The van der Waals surface area contributed by atoms with Gasteiger partial charge < -0.3 is 20.7 Å². The van der Waals surface area contributed by atoms with E-state index in [1.54, 1.807) is 13.8 Å². The lowest BCUT2D eigenvalue weighted by Crippen LogP contribution is -2.22. The van der Waals surface area contributed by atoms with Crippen molar-refractivity contribution in [2.75, 3.05) is 5.73 Å². The second-order valence-electron chi connectivity index (χ2n) is 5.37. The number of hydrogen-bond donors (Lipinski definition) is 6. The molecule has 0 amide bonds. The number of H-pyrrole nitrogens is 5. The molecule has 4 heterocycles. The Morgan fingerprint density at radius 2 is 1.32 bits per heavy atom. The van der Waals surface area contributed by atoms with E-state index < -0.39 is 11.4 Å². The molecule has 0 aromatic carbocycles. The van der Waals surface area contributed by atoms with Gasteiger partial charge in [-0.05, 0) is 13.8 Å². The minimum atomic E-state index is -0.467. The van der Waals surface area contributed by atoms with E-state index in [-0.39, 0.29) is 11.1 Å². The summed E-state index contributed by atoms with van der Waals surface area (Å²) in [4.78, 5) is 65.0. The summed E-state index contributed by atoms with van der Waals surface area (Å²) in [5, 5.41) is 0. The molecule has 146 valence electrons. The van der Waals surface area contributed by atoms with Crippen LogP contribution in [0.25, 0.3) is 11.2 Å². The number of fused-ring (bicyclic) bond motifs is 1. The lowest BCUT2D eigenvalue weighted by molar-refractivity contribution is 1.01. The van der Waals surface area contributed by atoms with Gasteiger partial charge in [0.2, 0.25) is 0 Å². The van der Waals surface area contributed by atoms with Gasteiger partial charge >= 0.3 is 11.4 Å². The summed E-state index contributed by atoms with van der Waals surface area (Å²) in [6, 6.07) is 0. The Hall–Kier alpha value is -4.29. The Morgan fingerprint density at radius 1 is 0.786 bits per heavy atom. The Labute approximate surface area is 155 Å². The van der Waals surface area contributed by atoms with Gasteiger partial charge in [0.15, 0.2) is 11.5 Å². The van der Waals surface area contributed by atoms with Crippen LogP contribution in [-0.2, 0) is 0 Å². The number of nitrogens with two attached hydrogens (primary N) is 1. The fourth-order valence-corrected chi connectivity index (χ4v) is 1.74. The molecule has 0 aliphatic heterocycles. The van der Waals surface area contributed by atoms with Crippen molar-refractivity contribution < 1.29 is 0 Å². The molecule has 0 radical (unpaired) electrons. The van der Waals surface area contributed by atoms with E-state index in [1.165, 1.54) is 25.0 Å². The van der Waals surface area contributed by atoms with Crippen molar-refractivity contribution >= 4 is 17.0 Å². The summed E-state index contributed by atoms with van der Waals surface area (Å²) in [6.07, 6.45) is 5.68. The molecule has 7 N–H and O–H groups in total. The average molecular weight is 387 g/mol. The van der Waals surface area contributed by atoms with Gasteiger partial charge in [-0.1, -0.05) is 0 Å². The number of nitrogens with one attached hydrogen (secondary N) is 5. The molecule has 0 saturated heterocycles. The van der Waals surface area contributed by atoms with Gasteiger partial charge in [0.25, 0.3) is 11.1 Å². The quantitative estimate of drug-likeness (QED) is 0.212. The standard InChI is InChI=1S/C5H5N5.2C5H6N2O2/c6-4-3-5(9-1-7-3)10-2-8-4;2*1-3-2-6-5(9)7-4(3)8/h1-2H,(H3,6,7,8,9,10);2*2H,1H3,(H2,6,7,8,9). The molecular weight excluding hydrogens is 370 g/mol. The van der Waals surface area contributed by atoms with Crippen LogP contribution < -0.4 is 28.2 Å². The highest BCUT2D eigenvalue weighted by atomic mass is 16.2. The van der Waals surface area contributed by atoms with E-state index >= 15 is 0 Å². The van der Waals surface area contributed by atoms with Gasteiger partial charge in [0, 0.05) is 23.5 Å². The second kappa shape index (κ2) is 8.88. The number of aryl methyl sites for hydroxylation is 2. The third-order valence-electron chi connectivity index (χ3n) is 3.26. The van der Waals surface area contributed by atoms with E-state index in [0.29, 0.717) is 28.1 Å². The van der Waals surface area contributed by atoms with Crippen molar-refractivity contribution in [1.29, 1.82) is 0 Å². The van der Waals surface area contributed by atoms with Crippen LogP contribution in [0.15, 0.2) is 44.2 Å². The highest BCUT2D eigenvalue weighted by molar-refractivity contribution is 5.80. The van der Waals surface area contributed by atoms with Gasteiger partial charge in [-0.3, -0.25) is 19.6 Å². The Bertz CT molecular complexity index is 1230. The number of hydrogen-bond acceptors (Lipinski definition) is 8. The Balaban J connectivity index is 0.000000151. The summed E-state index contributed by atoms with van der Waals surface area (Å²) >= 11 is 0. The predicted molar refractivity (Wildman–Crippen MR) is 101 cm³/mol. The van der Waals surface area contributed by atoms with Crippen LogP contribution in [0.4, 0.5) is 5.82 Å². The highest BCUT2D eigenvalue weighted by Gasteiger charge is 1.99. The van der Waals surface area contributed by atoms with Crippen molar-refractivity contribution in [3.63, 3.8) is 0 Å². The molecule has 28 heavy (non-hydrogen) atoms. The molecule has 0 aliphatic carbocycles. The lowest BCUT2D eigenvalue weighted by Gasteiger charge is -1.89. The number of nitrogens with zero attached hydrogens (tertiary/aromatic N) is 3. The summed E-state index contributed by atoms with van der Waals surface area (Å²) in [5.74, 6) is 0.433. The maximum atomic E-state index is 10.6. The first-order valence-corrected chi connectivity index (χ1v) is 7.74. The molecule has 0 bridgehead atoms. The second-order valence-corrected chi connectivity index (χ2v) is 5.37. The smallest absolute Gasteiger partial charge is 0.325 e. The van der Waals surface area contributed by atoms with Gasteiger partial charge in [0.05, 0.1) is 6.33 Å².